The fourth-order valence-corrected chi connectivity index (χ4v) is 8.04. The summed E-state index contributed by atoms with van der Waals surface area (Å²) in [6.07, 6.45) is -2.44. The molecular weight excluding hydrogens is 574 g/mol. The summed E-state index contributed by atoms with van der Waals surface area (Å²) < 4.78 is 80.2. The minimum Gasteiger partial charge on any atom is -0.393 e. The third-order valence-electron chi connectivity index (χ3n) is 10.4. The summed E-state index contributed by atoms with van der Waals surface area (Å²) in [5, 5.41) is 40.3. The Labute approximate surface area is 251 Å². The second-order valence-corrected chi connectivity index (χ2v) is 14.3. The molecule has 0 amide bonds. The van der Waals surface area contributed by atoms with Crippen LogP contribution in [0.25, 0.3) is 0 Å². The van der Waals surface area contributed by atoms with Crippen molar-refractivity contribution in [2.75, 3.05) is 0 Å². The van der Waals surface area contributed by atoms with Crippen molar-refractivity contribution in [3.63, 3.8) is 0 Å². The van der Waals surface area contributed by atoms with Gasteiger partial charge in [0.2, 0.25) is 0 Å². The molecule has 0 aromatic carbocycles. The molecule has 0 bridgehead atoms. The van der Waals surface area contributed by atoms with Crippen molar-refractivity contribution < 1.29 is 46.8 Å². The smallest absolute Gasteiger partial charge is 0.393 e. The monoisotopic (exact) mass is 622 g/mol. The Balaban J connectivity index is 1.93. The first-order chi connectivity index (χ1) is 19.5. The summed E-state index contributed by atoms with van der Waals surface area (Å²) in [6.45, 7) is 11.4. The van der Waals surface area contributed by atoms with E-state index < -0.39 is 41.2 Å². The summed E-state index contributed by atoms with van der Waals surface area (Å²) in [5.41, 5.74) is -4.25. The molecule has 3 aliphatic carbocycles. The number of hydrogen-bond acceptors (Lipinski definition) is 4. The van der Waals surface area contributed by atoms with Gasteiger partial charge >= 0.3 is 12.4 Å². The van der Waals surface area contributed by atoms with Crippen LogP contribution in [0.1, 0.15) is 98.3 Å². The summed E-state index contributed by atoms with van der Waals surface area (Å²) in [5.74, 6) is 0.139. The first-order valence-corrected chi connectivity index (χ1v) is 15.2. The van der Waals surface area contributed by atoms with Gasteiger partial charge in [0, 0.05) is 6.42 Å². The van der Waals surface area contributed by atoms with Crippen molar-refractivity contribution >= 4 is 0 Å². The fourth-order valence-electron chi connectivity index (χ4n) is 8.04. The lowest BCUT2D eigenvalue weighted by Gasteiger charge is -2.49. The zero-order chi connectivity index (χ0) is 32.6. The topological polar surface area (TPSA) is 80.9 Å². The van der Waals surface area contributed by atoms with Crippen LogP contribution in [0.15, 0.2) is 47.6 Å². The first kappa shape index (κ1) is 35.9. The van der Waals surface area contributed by atoms with Crippen molar-refractivity contribution in [1.29, 1.82) is 0 Å². The Bertz CT molecular complexity index is 1080. The minimum atomic E-state index is -5.92. The maximum Gasteiger partial charge on any atom is 0.429 e. The lowest BCUT2D eigenvalue weighted by Crippen LogP contribution is -2.55. The van der Waals surface area contributed by atoms with Crippen molar-refractivity contribution in [3.8, 4) is 0 Å². The molecule has 246 valence electrons. The molecule has 10 heteroatoms. The number of halogens is 6. The summed E-state index contributed by atoms with van der Waals surface area (Å²) >= 11 is 0. The molecule has 0 saturated heterocycles. The Morgan fingerprint density at radius 1 is 0.953 bits per heavy atom. The summed E-state index contributed by atoms with van der Waals surface area (Å²) in [7, 11) is 0. The van der Waals surface area contributed by atoms with E-state index in [9.17, 15) is 46.8 Å². The normalized spacial score (nSPS) is 32.9. The van der Waals surface area contributed by atoms with Crippen LogP contribution in [0.2, 0.25) is 0 Å². The van der Waals surface area contributed by atoms with Crippen LogP contribution in [0.5, 0.6) is 0 Å². The van der Waals surface area contributed by atoms with Crippen LogP contribution >= 0.6 is 0 Å². The zero-order valence-corrected chi connectivity index (χ0v) is 25.7. The SMILES string of the molecule is C=C1/C(=C\C=C2/CCC[C@@]3(C)C2CC[C@@H]3[C@@](C)(C/C=C/C(O)(C(F)(F)F)C(F)(F)F)CCCC(C)(C)O)CC(O)C[C@@H]1O. The number of hydrogen-bond donors (Lipinski definition) is 4. The van der Waals surface area contributed by atoms with Gasteiger partial charge in [-0.1, -0.05) is 50.6 Å². The molecule has 0 aromatic heterocycles. The summed E-state index contributed by atoms with van der Waals surface area (Å²) in [6, 6.07) is 0. The number of aliphatic hydroxyl groups excluding tert-OH is 2. The van der Waals surface area contributed by atoms with E-state index >= 15 is 0 Å². The first-order valence-electron chi connectivity index (χ1n) is 15.2. The largest absolute Gasteiger partial charge is 0.429 e. The Kier molecular flexibility index (Phi) is 10.5. The number of rotatable bonds is 9. The number of allylic oxidation sites excluding steroid dienone is 4. The van der Waals surface area contributed by atoms with Gasteiger partial charge in [0.25, 0.3) is 5.60 Å². The van der Waals surface area contributed by atoms with Crippen molar-refractivity contribution in [1.82, 2.24) is 0 Å². The van der Waals surface area contributed by atoms with Crippen molar-refractivity contribution in [2.24, 2.45) is 22.7 Å². The van der Waals surface area contributed by atoms with E-state index in [-0.39, 0.29) is 36.2 Å². The maximum atomic E-state index is 13.4. The van der Waals surface area contributed by atoms with E-state index in [2.05, 4.69) is 13.5 Å². The number of fused-ring (bicyclic) bond motifs is 1. The molecule has 43 heavy (non-hydrogen) atoms. The lowest BCUT2D eigenvalue weighted by atomic mass is 9.55. The highest BCUT2D eigenvalue weighted by atomic mass is 19.4. The molecule has 0 heterocycles. The van der Waals surface area contributed by atoms with E-state index in [1.807, 2.05) is 19.1 Å². The second-order valence-electron chi connectivity index (χ2n) is 14.3. The average Bonchev–Trinajstić information content (AvgIpc) is 3.21. The Morgan fingerprint density at radius 3 is 2.16 bits per heavy atom. The maximum absolute atomic E-state index is 13.4. The van der Waals surface area contributed by atoms with Crippen LogP contribution in [0, 0.1) is 22.7 Å². The fraction of sp³-hybridized carbons (Fsp3) is 0.758. The van der Waals surface area contributed by atoms with E-state index in [0.717, 1.165) is 43.8 Å². The number of aliphatic hydroxyl groups is 4. The van der Waals surface area contributed by atoms with Gasteiger partial charge in [-0.25, -0.2) is 0 Å². The van der Waals surface area contributed by atoms with Gasteiger partial charge in [-0.2, -0.15) is 26.3 Å². The van der Waals surface area contributed by atoms with Gasteiger partial charge in [-0.05, 0) is 112 Å². The van der Waals surface area contributed by atoms with Crippen LogP contribution in [-0.2, 0) is 0 Å². The standard InChI is InChI=1S/C33H48F6O4/c1-21-23(19-24(40)20-26(21)41)11-10-22-9-6-17-30(5)25(22)12-13-27(30)29(4,15-7-14-28(2,3)42)16-8-18-31(43,32(34,35)36)33(37,38)39/h8,10-11,18,24-27,40-43H,1,6-7,9,12-17,19-20H2,2-5H3/b18-8+,22-10+,23-11-/t24?,25?,26-,27+,29+,30-/m0/s1. The van der Waals surface area contributed by atoms with Crippen LogP contribution in [-0.4, -0.2) is 56.2 Å². The van der Waals surface area contributed by atoms with Gasteiger partial charge < -0.3 is 20.4 Å². The molecular formula is C33H48F6O4. The molecule has 2 unspecified atom stereocenters. The highest BCUT2D eigenvalue weighted by molar-refractivity contribution is 5.38. The summed E-state index contributed by atoms with van der Waals surface area (Å²) in [4.78, 5) is 0. The van der Waals surface area contributed by atoms with Crippen LogP contribution in [0.4, 0.5) is 26.3 Å². The van der Waals surface area contributed by atoms with Gasteiger partial charge in [-0.3, -0.25) is 0 Å². The third kappa shape index (κ3) is 7.79. The highest BCUT2D eigenvalue weighted by Gasteiger charge is 2.69. The van der Waals surface area contributed by atoms with Crippen LogP contribution < -0.4 is 0 Å². The third-order valence-corrected chi connectivity index (χ3v) is 10.4. The molecule has 4 N–H and O–H groups in total. The predicted molar refractivity (Wildman–Crippen MR) is 154 cm³/mol. The van der Waals surface area contributed by atoms with E-state index in [1.165, 1.54) is 5.57 Å². The number of alkyl halides is 6. The Morgan fingerprint density at radius 2 is 1.58 bits per heavy atom. The van der Waals surface area contributed by atoms with Crippen molar-refractivity contribution in [2.45, 2.75) is 134 Å². The van der Waals surface area contributed by atoms with Crippen molar-refractivity contribution in [3.05, 3.63) is 47.6 Å². The molecule has 0 aliphatic heterocycles. The molecule has 6 atom stereocenters. The second kappa shape index (κ2) is 12.6. The predicted octanol–water partition coefficient (Wildman–Crippen LogP) is 7.88. The zero-order valence-electron chi connectivity index (χ0n) is 25.7. The average molecular weight is 623 g/mol. The minimum absolute atomic E-state index is 0.0223. The Hall–Kier alpha value is -1.62. The lowest BCUT2D eigenvalue weighted by molar-refractivity contribution is -0.347. The van der Waals surface area contributed by atoms with E-state index in [1.54, 1.807) is 13.8 Å². The van der Waals surface area contributed by atoms with Crippen LogP contribution in [0.3, 0.4) is 0 Å². The van der Waals surface area contributed by atoms with Gasteiger partial charge in [0.1, 0.15) is 0 Å². The molecule has 4 nitrogen and oxygen atoms in total. The highest BCUT2D eigenvalue weighted by Crippen LogP contribution is 2.64. The molecule has 3 aliphatic rings. The quantitative estimate of drug-likeness (QED) is 0.156. The molecule has 0 spiro atoms. The van der Waals surface area contributed by atoms with E-state index in [4.69, 9.17) is 0 Å². The molecule has 3 saturated carbocycles. The molecule has 3 rings (SSSR count). The molecule has 0 aromatic rings. The molecule has 3 fully saturated rings. The molecule has 0 radical (unpaired) electrons. The van der Waals surface area contributed by atoms with E-state index in [0.29, 0.717) is 31.3 Å². The van der Waals surface area contributed by atoms with Gasteiger partial charge in [0.05, 0.1) is 17.8 Å². The van der Waals surface area contributed by atoms with Gasteiger partial charge in [0.15, 0.2) is 0 Å². The van der Waals surface area contributed by atoms with Gasteiger partial charge in [-0.15, -0.1) is 0 Å².